The van der Waals surface area contributed by atoms with E-state index in [0.717, 1.165) is 38.4 Å². The van der Waals surface area contributed by atoms with Crippen molar-refractivity contribution in [3.8, 4) is 0 Å². The summed E-state index contributed by atoms with van der Waals surface area (Å²) in [5, 5.41) is 6.06. The molecule has 0 atom stereocenters. The van der Waals surface area contributed by atoms with Gasteiger partial charge >= 0.3 is 6.03 Å². The maximum Gasteiger partial charge on any atom is 0.315 e. The van der Waals surface area contributed by atoms with Gasteiger partial charge in [-0.2, -0.15) is 0 Å². The topological polar surface area (TPSA) is 53.6 Å². The van der Waals surface area contributed by atoms with Crippen molar-refractivity contribution in [3.05, 3.63) is 70.8 Å². The first kappa shape index (κ1) is 21.3. The summed E-state index contributed by atoms with van der Waals surface area (Å²) in [6.07, 6.45) is 0. The third kappa shape index (κ3) is 6.05. The van der Waals surface area contributed by atoms with Crippen LogP contribution in [0, 0.1) is 6.92 Å². The zero-order chi connectivity index (χ0) is 20.7. The van der Waals surface area contributed by atoms with Crippen LogP contribution in [0.5, 0.6) is 0 Å². The molecule has 0 radical (unpaired) electrons. The highest BCUT2D eigenvalue weighted by molar-refractivity contribution is 5.74. The predicted octanol–water partition coefficient (Wildman–Crippen LogP) is 3.60. The number of benzene rings is 2. The Morgan fingerprint density at radius 3 is 2.38 bits per heavy atom. The van der Waals surface area contributed by atoms with Crippen molar-refractivity contribution in [2.45, 2.75) is 39.3 Å². The summed E-state index contributed by atoms with van der Waals surface area (Å²) >= 11 is 0. The molecule has 2 aromatic rings. The van der Waals surface area contributed by atoms with E-state index >= 15 is 0 Å². The van der Waals surface area contributed by atoms with Crippen LogP contribution in [0.3, 0.4) is 0 Å². The number of ether oxygens (including phenoxy) is 1. The number of nitrogens with one attached hydrogen (secondary N) is 2. The molecule has 1 aliphatic heterocycles. The van der Waals surface area contributed by atoms with Gasteiger partial charge in [0.15, 0.2) is 0 Å². The highest BCUT2D eigenvalue weighted by Gasteiger charge is 2.23. The molecule has 2 amide bonds. The highest BCUT2D eigenvalue weighted by atomic mass is 16.5. The number of aryl methyl sites for hydroxylation is 1. The molecule has 0 aromatic heterocycles. The Bertz CT molecular complexity index is 813. The van der Waals surface area contributed by atoms with Gasteiger partial charge in [-0.1, -0.05) is 62.4 Å². The molecule has 1 heterocycles. The predicted molar refractivity (Wildman–Crippen MR) is 117 cm³/mol. The van der Waals surface area contributed by atoms with Crippen LogP contribution in [0.1, 0.15) is 36.1 Å². The van der Waals surface area contributed by atoms with E-state index in [2.05, 4.69) is 72.7 Å². The molecule has 0 bridgehead atoms. The minimum absolute atomic E-state index is 0.128. The molecule has 0 saturated carbocycles. The molecule has 29 heavy (non-hydrogen) atoms. The minimum atomic E-state index is -0.132. The zero-order valence-corrected chi connectivity index (χ0v) is 17.8. The molecule has 1 fully saturated rings. The number of hydrogen-bond donors (Lipinski definition) is 2. The van der Waals surface area contributed by atoms with Crippen molar-refractivity contribution in [2.75, 3.05) is 32.8 Å². The Hall–Kier alpha value is -2.37. The number of nitrogens with zero attached hydrogens (tertiary/aromatic N) is 1. The molecule has 0 aliphatic carbocycles. The summed E-state index contributed by atoms with van der Waals surface area (Å²) in [5.74, 6) is 0. The van der Waals surface area contributed by atoms with Gasteiger partial charge in [0, 0.05) is 38.1 Å². The van der Waals surface area contributed by atoms with Gasteiger partial charge in [0.1, 0.15) is 0 Å². The maximum atomic E-state index is 12.4. The molecule has 156 valence electrons. The summed E-state index contributed by atoms with van der Waals surface area (Å²) in [6.45, 7) is 11.9. The lowest BCUT2D eigenvalue weighted by atomic mass is 9.82. The lowest BCUT2D eigenvalue weighted by Crippen LogP contribution is -2.42. The second-order valence-electron chi connectivity index (χ2n) is 8.39. The summed E-state index contributed by atoms with van der Waals surface area (Å²) in [4.78, 5) is 14.8. The molecule has 3 rings (SSSR count). The summed E-state index contributed by atoms with van der Waals surface area (Å²) < 4.78 is 5.43. The lowest BCUT2D eigenvalue weighted by Gasteiger charge is -2.28. The van der Waals surface area contributed by atoms with Crippen molar-refractivity contribution in [2.24, 2.45) is 0 Å². The van der Waals surface area contributed by atoms with Gasteiger partial charge in [-0.3, -0.25) is 4.90 Å². The first-order valence-corrected chi connectivity index (χ1v) is 10.4. The quantitative estimate of drug-likeness (QED) is 0.753. The number of carbonyl (C=O) groups is 1. The van der Waals surface area contributed by atoms with E-state index in [1.807, 2.05) is 12.1 Å². The van der Waals surface area contributed by atoms with Crippen LogP contribution in [0.2, 0.25) is 0 Å². The summed E-state index contributed by atoms with van der Waals surface area (Å²) in [7, 11) is 0. The van der Waals surface area contributed by atoms with Crippen molar-refractivity contribution in [3.63, 3.8) is 0 Å². The second-order valence-corrected chi connectivity index (χ2v) is 8.39. The van der Waals surface area contributed by atoms with Crippen LogP contribution in [0.15, 0.2) is 48.5 Å². The number of amides is 2. The largest absolute Gasteiger partial charge is 0.379 e. The van der Waals surface area contributed by atoms with E-state index in [-0.39, 0.29) is 11.4 Å². The normalized spacial score (nSPS) is 15.1. The monoisotopic (exact) mass is 395 g/mol. The second kappa shape index (κ2) is 9.90. The van der Waals surface area contributed by atoms with Crippen LogP contribution in [-0.2, 0) is 23.2 Å². The fraction of sp³-hybridized carbons (Fsp3) is 0.458. The van der Waals surface area contributed by atoms with Crippen LogP contribution in [0.25, 0.3) is 0 Å². The third-order valence-corrected chi connectivity index (χ3v) is 5.62. The highest BCUT2D eigenvalue weighted by Crippen LogP contribution is 2.25. The Morgan fingerprint density at radius 2 is 1.66 bits per heavy atom. The first-order chi connectivity index (χ1) is 14.0. The Morgan fingerprint density at radius 1 is 1.00 bits per heavy atom. The molecule has 5 nitrogen and oxygen atoms in total. The van der Waals surface area contributed by atoms with E-state index < -0.39 is 0 Å². The Kier molecular flexibility index (Phi) is 7.29. The number of carbonyl (C=O) groups excluding carboxylic acids is 1. The maximum absolute atomic E-state index is 12.4. The zero-order valence-electron chi connectivity index (χ0n) is 17.8. The smallest absolute Gasteiger partial charge is 0.315 e. The van der Waals surface area contributed by atoms with Crippen molar-refractivity contribution >= 4 is 6.03 Å². The number of hydrogen-bond acceptors (Lipinski definition) is 3. The molecule has 1 aliphatic rings. The van der Waals surface area contributed by atoms with Crippen LogP contribution in [-0.4, -0.2) is 43.8 Å². The van der Waals surface area contributed by atoms with Gasteiger partial charge in [0.25, 0.3) is 0 Å². The van der Waals surface area contributed by atoms with Gasteiger partial charge < -0.3 is 15.4 Å². The van der Waals surface area contributed by atoms with Crippen molar-refractivity contribution in [1.29, 1.82) is 0 Å². The van der Waals surface area contributed by atoms with Crippen LogP contribution in [0.4, 0.5) is 4.79 Å². The van der Waals surface area contributed by atoms with E-state index in [9.17, 15) is 4.79 Å². The standard InChI is InChI=1S/C24H33N3O2/c1-19-8-4-7-11-22(19)24(2,3)18-26-23(28)25-16-20-9-5-6-10-21(20)17-27-12-14-29-15-13-27/h4-11H,12-18H2,1-3H3,(H2,25,26,28). The van der Waals surface area contributed by atoms with Gasteiger partial charge in [-0.15, -0.1) is 0 Å². The number of urea groups is 1. The summed E-state index contributed by atoms with van der Waals surface area (Å²) in [5.41, 5.74) is 4.80. The molecule has 0 spiro atoms. The van der Waals surface area contributed by atoms with E-state index in [0.29, 0.717) is 13.1 Å². The Labute approximate surface area is 174 Å². The van der Waals surface area contributed by atoms with Crippen LogP contribution < -0.4 is 10.6 Å². The number of rotatable bonds is 7. The van der Waals surface area contributed by atoms with Gasteiger partial charge in [0.05, 0.1) is 13.2 Å². The molecule has 2 aromatic carbocycles. The molecule has 2 N–H and O–H groups in total. The van der Waals surface area contributed by atoms with E-state index in [1.54, 1.807) is 0 Å². The minimum Gasteiger partial charge on any atom is -0.379 e. The first-order valence-electron chi connectivity index (χ1n) is 10.4. The SMILES string of the molecule is Cc1ccccc1C(C)(C)CNC(=O)NCc1ccccc1CN1CCOCC1. The molecule has 0 unspecified atom stereocenters. The van der Waals surface area contributed by atoms with Gasteiger partial charge in [-0.25, -0.2) is 4.79 Å². The fourth-order valence-electron chi connectivity index (χ4n) is 3.85. The van der Waals surface area contributed by atoms with Crippen LogP contribution >= 0.6 is 0 Å². The molecular formula is C24H33N3O2. The number of morpholine rings is 1. The lowest BCUT2D eigenvalue weighted by molar-refractivity contribution is 0.0341. The molecule has 1 saturated heterocycles. The van der Waals surface area contributed by atoms with Gasteiger partial charge in [-0.05, 0) is 29.2 Å². The average Bonchev–Trinajstić information content (AvgIpc) is 2.73. The molecule has 5 heteroatoms. The van der Waals surface area contributed by atoms with Crippen molar-refractivity contribution < 1.29 is 9.53 Å². The Balaban J connectivity index is 1.52. The third-order valence-electron chi connectivity index (χ3n) is 5.62. The molecular weight excluding hydrogens is 362 g/mol. The average molecular weight is 396 g/mol. The van der Waals surface area contributed by atoms with E-state index in [1.165, 1.54) is 16.7 Å². The van der Waals surface area contributed by atoms with E-state index in [4.69, 9.17) is 4.74 Å². The fourth-order valence-corrected chi connectivity index (χ4v) is 3.85. The summed E-state index contributed by atoms with van der Waals surface area (Å²) in [6, 6.07) is 16.5. The van der Waals surface area contributed by atoms with Gasteiger partial charge in [0.2, 0.25) is 0 Å². The van der Waals surface area contributed by atoms with Crippen molar-refractivity contribution in [1.82, 2.24) is 15.5 Å².